The van der Waals surface area contributed by atoms with Gasteiger partial charge in [0.05, 0.1) is 13.2 Å². The van der Waals surface area contributed by atoms with Crippen molar-refractivity contribution in [1.82, 2.24) is 4.90 Å². The maximum Gasteiger partial charge on any atom is 0.317 e. The van der Waals surface area contributed by atoms with E-state index < -0.39 is 5.97 Å². The van der Waals surface area contributed by atoms with Crippen LogP contribution in [-0.2, 0) is 16.1 Å². The molecule has 17 heavy (non-hydrogen) atoms. The zero-order valence-electron chi connectivity index (χ0n) is 10.3. The van der Waals surface area contributed by atoms with Gasteiger partial charge in [0.1, 0.15) is 0 Å². The van der Waals surface area contributed by atoms with Crippen molar-refractivity contribution >= 4 is 5.97 Å². The van der Waals surface area contributed by atoms with Gasteiger partial charge in [0.15, 0.2) is 0 Å². The summed E-state index contributed by atoms with van der Waals surface area (Å²) in [6.45, 7) is 3.88. The molecule has 1 N–H and O–H groups in total. The maximum atomic E-state index is 10.8. The summed E-state index contributed by atoms with van der Waals surface area (Å²) in [5, 5.41) is 8.85. The molecule has 1 aromatic rings. The molecular weight excluding hydrogens is 218 g/mol. The highest BCUT2D eigenvalue weighted by molar-refractivity contribution is 5.69. The summed E-state index contributed by atoms with van der Waals surface area (Å²) in [6, 6.07) is 8.01. The van der Waals surface area contributed by atoms with E-state index in [9.17, 15) is 4.79 Å². The van der Waals surface area contributed by atoms with E-state index in [1.54, 1.807) is 7.11 Å². The number of methoxy groups -OCH3 is 1. The lowest BCUT2D eigenvalue weighted by Crippen LogP contribution is -2.32. The van der Waals surface area contributed by atoms with Gasteiger partial charge in [-0.3, -0.25) is 9.69 Å². The summed E-state index contributed by atoms with van der Waals surface area (Å²) in [5.41, 5.74) is 2.34. The predicted molar refractivity (Wildman–Crippen MR) is 66.0 cm³/mol. The quantitative estimate of drug-likeness (QED) is 0.781. The van der Waals surface area contributed by atoms with E-state index >= 15 is 0 Å². The van der Waals surface area contributed by atoms with Crippen molar-refractivity contribution in [3.05, 3.63) is 35.4 Å². The highest BCUT2D eigenvalue weighted by atomic mass is 16.5. The number of ether oxygens (including phenoxy) is 1. The molecule has 0 saturated carbocycles. The molecule has 0 saturated heterocycles. The third-order valence-electron chi connectivity index (χ3n) is 2.63. The average Bonchev–Trinajstić information content (AvgIpc) is 2.28. The molecule has 0 heterocycles. The van der Waals surface area contributed by atoms with Crippen LogP contribution in [0.5, 0.6) is 0 Å². The molecular formula is C13H19NO3. The smallest absolute Gasteiger partial charge is 0.317 e. The Balaban J connectivity index is 2.64. The number of rotatable bonds is 7. The van der Waals surface area contributed by atoms with Crippen LogP contribution in [-0.4, -0.2) is 42.8 Å². The van der Waals surface area contributed by atoms with Crippen LogP contribution in [0.2, 0.25) is 0 Å². The molecule has 0 aliphatic heterocycles. The van der Waals surface area contributed by atoms with Crippen molar-refractivity contribution < 1.29 is 14.6 Å². The van der Waals surface area contributed by atoms with Crippen molar-refractivity contribution in [3.63, 3.8) is 0 Å². The first kappa shape index (κ1) is 13.7. The number of hydrogen-bond donors (Lipinski definition) is 1. The zero-order valence-corrected chi connectivity index (χ0v) is 10.3. The van der Waals surface area contributed by atoms with Gasteiger partial charge >= 0.3 is 5.97 Å². The molecule has 0 aromatic heterocycles. The number of aliphatic carboxylic acids is 1. The van der Waals surface area contributed by atoms with Crippen LogP contribution >= 0.6 is 0 Å². The fourth-order valence-corrected chi connectivity index (χ4v) is 1.65. The van der Waals surface area contributed by atoms with Gasteiger partial charge in [-0.05, 0) is 18.1 Å². The molecule has 0 unspecified atom stereocenters. The first-order valence-electron chi connectivity index (χ1n) is 5.61. The lowest BCUT2D eigenvalue weighted by Gasteiger charge is -2.20. The minimum absolute atomic E-state index is 0.0394. The normalized spacial score (nSPS) is 10.8. The Labute approximate surface area is 102 Å². The number of aryl methyl sites for hydroxylation is 1. The zero-order chi connectivity index (χ0) is 12.7. The molecule has 0 spiro atoms. The Morgan fingerprint density at radius 1 is 1.41 bits per heavy atom. The van der Waals surface area contributed by atoms with E-state index in [1.807, 2.05) is 36.1 Å². The predicted octanol–water partition coefficient (Wildman–Crippen LogP) is 1.53. The molecule has 1 aromatic carbocycles. The summed E-state index contributed by atoms with van der Waals surface area (Å²) in [4.78, 5) is 12.6. The topological polar surface area (TPSA) is 49.8 Å². The van der Waals surface area contributed by atoms with Crippen molar-refractivity contribution in [2.75, 3.05) is 26.8 Å². The van der Waals surface area contributed by atoms with Crippen LogP contribution in [0.3, 0.4) is 0 Å². The van der Waals surface area contributed by atoms with E-state index in [0.29, 0.717) is 19.7 Å². The maximum absolute atomic E-state index is 10.8. The van der Waals surface area contributed by atoms with Gasteiger partial charge in [-0.2, -0.15) is 0 Å². The largest absolute Gasteiger partial charge is 0.480 e. The summed E-state index contributed by atoms with van der Waals surface area (Å²) in [5.74, 6) is -0.810. The van der Waals surface area contributed by atoms with Gasteiger partial charge in [0, 0.05) is 20.2 Å². The second kappa shape index (κ2) is 7.04. The van der Waals surface area contributed by atoms with Gasteiger partial charge in [-0.25, -0.2) is 0 Å². The van der Waals surface area contributed by atoms with Crippen molar-refractivity contribution in [3.8, 4) is 0 Å². The molecule has 0 aliphatic carbocycles. The van der Waals surface area contributed by atoms with Crippen LogP contribution in [0.4, 0.5) is 0 Å². The van der Waals surface area contributed by atoms with E-state index in [4.69, 9.17) is 9.84 Å². The van der Waals surface area contributed by atoms with Gasteiger partial charge in [-0.1, -0.05) is 24.3 Å². The molecule has 0 amide bonds. The highest BCUT2D eigenvalue weighted by Crippen LogP contribution is 2.10. The molecule has 0 fully saturated rings. The van der Waals surface area contributed by atoms with E-state index in [0.717, 1.165) is 5.56 Å². The Bertz CT molecular complexity index is 365. The molecule has 0 radical (unpaired) electrons. The SMILES string of the molecule is COCCN(CC(=O)O)Cc1ccccc1C. The fraction of sp³-hybridized carbons (Fsp3) is 0.462. The molecule has 94 valence electrons. The molecule has 1 rings (SSSR count). The Morgan fingerprint density at radius 3 is 2.71 bits per heavy atom. The van der Waals surface area contributed by atoms with Crippen LogP contribution in [0, 0.1) is 6.92 Å². The molecule has 0 atom stereocenters. The first-order chi connectivity index (χ1) is 8.13. The lowest BCUT2D eigenvalue weighted by atomic mass is 10.1. The van der Waals surface area contributed by atoms with Crippen LogP contribution < -0.4 is 0 Å². The van der Waals surface area contributed by atoms with Crippen LogP contribution in [0.1, 0.15) is 11.1 Å². The van der Waals surface area contributed by atoms with Gasteiger partial charge < -0.3 is 9.84 Å². The average molecular weight is 237 g/mol. The minimum atomic E-state index is -0.810. The third-order valence-corrected chi connectivity index (χ3v) is 2.63. The Kier molecular flexibility index (Phi) is 5.66. The van der Waals surface area contributed by atoms with Crippen molar-refractivity contribution in [2.24, 2.45) is 0 Å². The minimum Gasteiger partial charge on any atom is -0.480 e. The van der Waals surface area contributed by atoms with Gasteiger partial charge in [0.25, 0.3) is 0 Å². The van der Waals surface area contributed by atoms with E-state index in [1.165, 1.54) is 5.56 Å². The fourth-order valence-electron chi connectivity index (χ4n) is 1.65. The Morgan fingerprint density at radius 2 is 2.12 bits per heavy atom. The van der Waals surface area contributed by atoms with Crippen molar-refractivity contribution in [2.45, 2.75) is 13.5 Å². The number of benzene rings is 1. The summed E-state index contributed by atoms with van der Waals surface area (Å²) in [7, 11) is 1.62. The standard InChI is InChI=1S/C13H19NO3/c1-11-5-3-4-6-12(11)9-14(7-8-17-2)10-13(15)16/h3-6H,7-10H2,1-2H3,(H,15,16). The highest BCUT2D eigenvalue weighted by Gasteiger charge is 2.10. The number of carboxylic acids is 1. The van der Waals surface area contributed by atoms with Gasteiger partial charge in [-0.15, -0.1) is 0 Å². The van der Waals surface area contributed by atoms with E-state index in [-0.39, 0.29) is 6.54 Å². The Hall–Kier alpha value is -1.39. The second-order valence-corrected chi connectivity index (χ2v) is 4.02. The molecule has 0 bridgehead atoms. The summed E-state index contributed by atoms with van der Waals surface area (Å²) in [6.07, 6.45) is 0. The van der Waals surface area contributed by atoms with Gasteiger partial charge in [0.2, 0.25) is 0 Å². The first-order valence-corrected chi connectivity index (χ1v) is 5.61. The van der Waals surface area contributed by atoms with Crippen molar-refractivity contribution in [1.29, 1.82) is 0 Å². The van der Waals surface area contributed by atoms with Crippen LogP contribution in [0.25, 0.3) is 0 Å². The summed E-state index contributed by atoms with van der Waals surface area (Å²) < 4.78 is 4.99. The number of hydrogen-bond acceptors (Lipinski definition) is 3. The number of carbonyl (C=O) groups is 1. The molecule has 0 aliphatic rings. The molecule has 4 nitrogen and oxygen atoms in total. The lowest BCUT2D eigenvalue weighted by molar-refractivity contribution is -0.138. The molecule has 4 heteroatoms. The second-order valence-electron chi connectivity index (χ2n) is 4.02. The van der Waals surface area contributed by atoms with E-state index in [2.05, 4.69) is 0 Å². The number of nitrogens with zero attached hydrogens (tertiary/aromatic N) is 1. The summed E-state index contributed by atoms with van der Waals surface area (Å²) >= 11 is 0. The number of carboxylic acid groups (broad SMARTS) is 1. The third kappa shape index (κ3) is 4.97. The monoisotopic (exact) mass is 237 g/mol. The van der Waals surface area contributed by atoms with Crippen LogP contribution in [0.15, 0.2) is 24.3 Å².